The summed E-state index contributed by atoms with van der Waals surface area (Å²) in [5.74, 6) is -0.295. The summed E-state index contributed by atoms with van der Waals surface area (Å²) < 4.78 is 1.15. The van der Waals surface area contributed by atoms with Crippen molar-refractivity contribution in [2.24, 2.45) is 7.05 Å². The highest BCUT2D eigenvalue weighted by Gasteiger charge is 2.14. The number of amides is 1. The van der Waals surface area contributed by atoms with Gasteiger partial charge in [0.05, 0.1) is 6.04 Å². The molecule has 0 spiro atoms. The molecule has 0 saturated carbocycles. The molecule has 0 aliphatic rings. The van der Waals surface area contributed by atoms with E-state index in [0.717, 1.165) is 15.8 Å². The van der Waals surface area contributed by atoms with E-state index in [1.165, 1.54) is 19.2 Å². The fourth-order valence-electron chi connectivity index (χ4n) is 2.04. The molecular formula is C15H17N3O2. The first-order valence-electron chi connectivity index (χ1n) is 6.40. The quantitative estimate of drug-likeness (QED) is 0.921. The van der Waals surface area contributed by atoms with Crippen LogP contribution in [0.3, 0.4) is 0 Å². The molecule has 0 bridgehead atoms. The van der Waals surface area contributed by atoms with Crippen molar-refractivity contribution < 1.29 is 4.79 Å². The van der Waals surface area contributed by atoms with Crippen LogP contribution in [0.4, 0.5) is 0 Å². The van der Waals surface area contributed by atoms with Gasteiger partial charge in [-0.25, -0.2) is 4.68 Å². The van der Waals surface area contributed by atoms with Crippen molar-refractivity contribution in [3.63, 3.8) is 0 Å². The van der Waals surface area contributed by atoms with Crippen molar-refractivity contribution in [3.8, 4) is 0 Å². The predicted molar refractivity (Wildman–Crippen MR) is 76.5 cm³/mol. The average molecular weight is 271 g/mol. The highest BCUT2D eigenvalue weighted by molar-refractivity contribution is 5.92. The van der Waals surface area contributed by atoms with Crippen LogP contribution >= 0.6 is 0 Å². The number of carbonyl (C=O) groups is 1. The fraction of sp³-hybridized carbons (Fsp3) is 0.267. The molecule has 0 aliphatic heterocycles. The molecule has 1 aromatic heterocycles. The number of rotatable bonds is 3. The zero-order valence-corrected chi connectivity index (χ0v) is 11.8. The summed E-state index contributed by atoms with van der Waals surface area (Å²) in [5.41, 5.74) is 2.17. The first-order valence-corrected chi connectivity index (χ1v) is 6.40. The van der Waals surface area contributed by atoms with Gasteiger partial charge in [-0.15, -0.1) is 0 Å². The SMILES string of the molecule is Cc1ccccc1[C@H](C)NC(=O)c1ccc(=O)n(C)n1. The first-order chi connectivity index (χ1) is 9.49. The van der Waals surface area contributed by atoms with Gasteiger partial charge < -0.3 is 5.32 Å². The van der Waals surface area contributed by atoms with E-state index < -0.39 is 0 Å². The van der Waals surface area contributed by atoms with Gasteiger partial charge in [0, 0.05) is 13.1 Å². The molecule has 1 heterocycles. The monoisotopic (exact) mass is 271 g/mol. The third-order valence-electron chi connectivity index (χ3n) is 3.20. The molecule has 2 rings (SSSR count). The number of carbonyl (C=O) groups excluding carboxylic acids is 1. The summed E-state index contributed by atoms with van der Waals surface area (Å²) in [6.45, 7) is 3.92. The maximum absolute atomic E-state index is 12.1. The van der Waals surface area contributed by atoms with Crippen molar-refractivity contribution in [2.75, 3.05) is 0 Å². The molecule has 5 heteroatoms. The van der Waals surface area contributed by atoms with E-state index in [1.807, 2.05) is 38.1 Å². The van der Waals surface area contributed by atoms with Gasteiger partial charge in [0.15, 0.2) is 0 Å². The van der Waals surface area contributed by atoms with Gasteiger partial charge in [-0.1, -0.05) is 24.3 Å². The van der Waals surface area contributed by atoms with Crippen LogP contribution in [0.2, 0.25) is 0 Å². The lowest BCUT2D eigenvalue weighted by atomic mass is 10.0. The fourth-order valence-corrected chi connectivity index (χ4v) is 2.04. The van der Waals surface area contributed by atoms with Crippen molar-refractivity contribution in [1.82, 2.24) is 15.1 Å². The van der Waals surface area contributed by atoms with E-state index in [4.69, 9.17) is 0 Å². The largest absolute Gasteiger partial charge is 0.344 e. The van der Waals surface area contributed by atoms with E-state index >= 15 is 0 Å². The molecule has 0 unspecified atom stereocenters. The topological polar surface area (TPSA) is 64.0 Å². The lowest BCUT2D eigenvalue weighted by molar-refractivity contribution is 0.0932. The van der Waals surface area contributed by atoms with Crippen molar-refractivity contribution in [1.29, 1.82) is 0 Å². The molecular weight excluding hydrogens is 254 g/mol. The molecule has 1 amide bonds. The molecule has 20 heavy (non-hydrogen) atoms. The summed E-state index contributed by atoms with van der Waals surface area (Å²) in [4.78, 5) is 23.4. The number of aryl methyl sites for hydroxylation is 2. The maximum Gasteiger partial charge on any atom is 0.272 e. The van der Waals surface area contributed by atoms with Crippen molar-refractivity contribution >= 4 is 5.91 Å². The molecule has 2 aromatic rings. The first kappa shape index (κ1) is 14.0. The normalized spacial score (nSPS) is 11.9. The Labute approximate surface area is 117 Å². The summed E-state index contributed by atoms with van der Waals surface area (Å²) in [6, 6.07) is 10.5. The van der Waals surface area contributed by atoms with Gasteiger partial charge in [-0.05, 0) is 31.0 Å². The molecule has 0 radical (unpaired) electrons. The van der Waals surface area contributed by atoms with Crippen LogP contribution < -0.4 is 10.9 Å². The van der Waals surface area contributed by atoms with Gasteiger partial charge in [0.1, 0.15) is 5.69 Å². The zero-order chi connectivity index (χ0) is 14.7. The summed E-state index contributed by atoms with van der Waals surface area (Å²) >= 11 is 0. The Morgan fingerprint density at radius 3 is 2.60 bits per heavy atom. The van der Waals surface area contributed by atoms with E-state index in [-0.39, 0.29) is 23.2 Å². The second-order valence-electron chi connectivity index (χ2n) is 4.73. The second-order valence-corrected chi connectivity index (χ2v) is 4.73. The van der Waals surface area contributed by atoms with Crippen LogP contribution in [0.5, 0.6) is 0 Å². The van der Waals surface area contributed by atoms with Gasteiger partial charge in [-0.2, -0.15) is 5.10 Å². The minimum absolute atomic E-state index is 0.122. The number of nitrogens with zero attached hydrogens (tertiary/aromatic N) is 2. The minimum atomic E-state index is -0.295. The Morgan fingerprint density at radius 2 is 1.95 bits per heavy atom. The summed E-state index contributed by atoms with van der Waals surface area (Å²) in [5, 5.41) is 6.82. The predicted octanol–water partition coefficient (Wildman–Crippen LogP) is 1.58. The Morgan fingerprint density at radius 1 is 1.25 bits per heavy atom. The minimum Gasteiger partial charge on any atom is -0.344 e. The number of hydrogen-bond donors (Lipinski definition) is 1. The van der Waals surface area contributed by atoms with Crippen LogP contribution in [0, 0.1) is 6.92 Å². The highest BCUT2D eigenvalue weighted by atomic mass is 16.2. The molecule has 1 atom stereocenters. The van der Waals surface area contributed by atoms with Gasteiger partial charge in [0.2, 0.25) is 0 Å². The van der Waals surface area contributed by atoms with Gasteiger partial charge in [0.25, 0.3) is 11.5 Å². The lowest BCUT2D eigenvalue weighted by Gasteiger charge is -2.16. The Hall–Kier alpha value is -2.43. The van der Waals surface area contributed by atoms with Crippen LogP contribution in [0.25, 0.3) is 0 Å². The van der Waals surface area contributed by atoms with Crippen LogP contribution in [0.15, 0.2) is 41.2 Å². The number of aromatic nitrogens is 2. The third kappa shape index (κ3) is 2.93. The third-order valence-corrected chi connectivity index (χ3v) is 3.20. The molecule has 1 aromatic carbocycles. The smallest absolute Gasteiger partial charge is 0.272 e. The molecule has 0 aliphatic carbocycles. The highest BCUT2D eigenvalue weighted by Crippen LogP contribution is 2.16. The number of benzene rings is 1. The standard InChI is InChI=1S/C15H17N3O2/c1-10-6-4-5-7-12(10)11(2)16-15(20)13-8-9-14(19)18(3)17-13/h4-9,11H,1-3H3,(H,16,20)/t11-/m0/s1. The van der Waals surface area contributed by atoms with E-state index in [1.54, 1.807) is 0 Å². The molecule has 5 nitrogen and oxygen atoms in total. The van der Waals surface area contributed by atoms with E-state index in [2.05, 4.69) is 10.4 Å². The van der Waals surface area contributed by atoms with E-state index in [9.17, 15) is 9.59 Å². The maximum atomic E-state index is 12.1. The number of hydrogen-bond acceptors (Lipinski definition) is 3. The van der Waals surface area contributed by atoms with E-state index in [0.29, 0.717) is 0 Å². The Kier molecular flexibility index (Phi) is 3.98. The van der Waals surface area contributed by atoms with Crippen LogP contribution in [-0.4, -0.2) is 15.7 Å². The van der Waals surface area contributed by atoms with Crippen molar-refractivity contribution in [2.45, 2.75) is 19.9 Å². The summed E-state index contributed by atoms with van der Waals surface area (Å²) in [7, 11) is 1.52. The second kappa shape index (κ2) is 5.69. The Balaban J connectivity index is 2.17. The molecule has 104 valence electrons. The average Bonchev–Trinajstić information content (AvgIpc) is 2.42. The molecule has 0 fully saturated rings. The summed E-state index contributed by atoms with van der Waals surface area (Å²) in [6.07, 6.45) is 0. The molecule has 1 N–H and O–H groups in total. The van der Waals surface area contributed by atoms with Gasteiger partial charge in [-0.3, -0.25) is 9.59 Å². The van der Waals surface area contributed by atoms with Crippen LogP contribution in [-0.2, 0) is 7.05 Å². The van der Waals surface area contributed by atoms with Crippen molar-refractivity contribution in [3.05, 3.63) is 63.6 Å². The Bertz CT molecular complexity index is 692. The zero-order valence-electron chi connectivity index (χ0n) is 11.8. The molecule has 0 saturated heterocycles. The number of nitrogens with one attached hydrogen (secondary N) is 1. The van der Waals surface area contributed by atoms with Crippen LogP contribution in [0.1, 0.15) is 34.6 Å². The lowest BCUT2D eigenvalue weighted by Crippen LogP contribution is -2.30. The van der Waals surface area contributed by atoms with Gasteiger partial charge >= 0.3 is 0 Å².